The molecule has 0 aliphatic carbocycles. The topological polar surface area (TPSA) is 95.5 Å². The number of rotatable bonds is 5. The lowest BCUT2D eigenvalue weighted by molar-refractivity contribution is -0.142. The van der Waals surface area contributed by atoms with E-state index < -0.39 is 11.9 Å². The number of aromatic amines is 2. The molecule has 4 heterocycles. The second kappa shape index (κ2) is 7.73. The third-order valence-corrected chi connectivity index (χ3v) is 6.08. The van der Waals surface area contributed by atoms with E-state index in [0.717, 1.165) is 20.6 Å². The Bertz CT molecular complexity index is 1500. The van der Waals surface area contributed by atoms with Gasteiger partial charge in [-0.2, -0.15) is 18.3 Å². The standard InChI is InChI=1S/C21H18F3N7OS/c1-11-7-13-18(32)27-16(28-19(13)33-11)10-31-9-12(17(29-31)21(22,23)24)8-30(2)20-25-14-5-3-4-6-15(14)26-20/h3-7,9H,8,10H2,1-2H3,(H,25,26)(H,27,28,32). The molecule has 2 N–H and O–H groups in total. The van der Waals surface area contributed by atoms with Crippen molar-refractivity contribution in [3.63, 3.8) is 0 Å². The summed E-state index contributed by atoms with van der Waals surface area (Å²) in [6.07, 6.45) is -3.31. The Labute approximate surface area is 188 Å². The fourth-order valence-electron chi connectivity index (χ4n) is 3.67. The Morgan fingerprint density at radius 1 is 1.18 bits per heavy atom. The summed E-state index contributed by atoms with van der Waals surface area (Å²) in [5.74, 6) is 0.685. The van der Waals surface area contributed by atoms with Gasteiger partial charge in [0.1, 0.15) is 10.7 Å². The number of alkyl halides is 3. The Hall–Kier alpha value is -3.67. The Morgan fingerprint density at radius 3 is 2.73 bits per heavy atom. The lowest BCUT2D eigenvalue weighted by Crippen LogP contribution is -2.20. The number of anilines is 1. The molecule has 5 rings (SSSR count). The van der Waals surface area contributed by atoms with Gasteiger partial charge in [-0.1, -0.05) is 12.1 Å². The average Bonchev–Trinajstić information content (AvgIpc) is 3.43. The molecule has 0 aliphatic rings. The van der Waals surface area contributed by atoms with Crippen LogP contribution in [0, 0.1) is 6.92 Å². The van der Waals surface area contributed by atoms with Gasteiger partial charge < -0.3 is 14.9 Å². The largest absolute Gasteiger partial charge is 0.435 e. The predicted molar refractivity (Wildman–Crippen MR) is 120 cm³/mol. The minimum atomic E-state index is -4.63. The zero-order valence-corrected chi connectivity index (χ0v) is 18.4. The van der Waals surface area contributed by atoms with Gasteiger partial charge >= 0.3 is 6.18 Å². The first-order valence-corrected chi connectivity index (χ1v) is 10.8. The molecule has 0 spiro atoms. The summed E-state index contributed by atoms with van der Waals surface area (Å²) < 4.78 is 42.3. The van der Waals surface area contributed by atoms with Gasteiger partial charge in [0.25, 0.3) is 5.56 Å². The molecule has 33 heavy (non-hydrogen) atoms. The number of halogens is 3. The number of hydrogen-bond donors (Lipinski definition) is 2. The van der Waals surface area contributed by atoms with Crippen molar-refractivity contribution in [2.75, 3.05) is 11.9 Å². The van der Waals surface area contributed by atoms with E-state index in [9.17, 15) is 18.0 Å². The van der Waals surface area contributed by atoms with E-state index in [1.165, 1.54) is 17.5 Å². The van der Waals surface area contributed by atoms with Crippen molar-refractivity contribution in [3.05, 3.63) is 68.8 Å². The van der Waals surface area contributed by atoms with E-state index >= 15 is 0 Å². The molecule has 4 aromatic heterocycles. The number of imidazole rings is 1. The number of hydrogen-bond acceptors (Lipinski definition) is 6. The number of fused-ring (bicyclic) bond motifs is 2. The van der Waals surface area contributed by atoms with Crippen LogP contribution in [0.5, 0.6) is 0 Å². The van der Waals surface area contributed by atoms with Gasteiger partial charge in [0, 0.05) is 30.2 Å². The summed E-state index contributed by atoms with van der Waals surface area (Å²) in [5.41, 5.74) is 0.190. The highest BCUT2D eigenvalue weighted by atomic mass is 32.1. The van der Waals surface area contributed by atoms with E-state index in [1.54, 1.807) is 18.0 Å². The lowest BCUT2D eigenvalue weighted by atomic mass is 10.2. The highest BCUT2D eigenvalue weighted by Gasteiger charge is 2.37. The molecule has 0 atom stereocenters. The van der Waals surface area contributed by atoms with Crippen molar-refractivity contribution < 1.29 is 13.2 Å². The number of benzene rings is 1. The average molecular weight is 473 g/mol. The maximum Gasteiger partial charge on any atom is 0.435 e. The molecule has 0 unspecified atom stereocenters. The molecule has 0 fully saturated rings. The fraction of sp³-hybridized carbons (Fsp3) is 0.238. The third kappa shape index (κ3) is 4.09. The zero-order chi connectivity index (χ0) is 23.3. The molecule has 170 valence electrons. The van der Waals surface area contributed by atoms with Crippen molar-refractivity contribution >= 4 is 38.5 Å². The van der Waals surface area contributed by atoms with Crippen molar-refractivity contribution in [1.29, 1.82) is 0 Å². The van der Waals surface area contributed by atoms with Crippen LogP contribution in [0.2, 0.25) is 0 Å². The summed E-state index contributed by atoms with van der Waals surface area (Å²) in [7, 11) is 1.65. The van der Waals surface area contributed by atoms with E-state index in [2.05, 4.69) is 25.0 Å². The van der Waals surface area contributed by atoms with E-state index in [-0.39, 0.29) is 30.0 Å². The molecule has 8 nitrogen and oxygen atoms in total. The molecule has 0 aliphatic heterocycles. The second-order valence-electron chi connectivity index (χ2n) is 7.72. The van der Waals surface area contributed by atoms with Crippen molar-refractivity contribution in [2.24, 2.45) is 0 Å². The van der Waals surface area contributed by atoms with Gasteiger partial charge in [0.05, 0.1) is 23.0 Å². The number of nitrogens with one attached hydrogen (secondary N) is 2. The van der Waals surface area contributed by atoms with Crippen LogP contribution >= 0.6 is 11.3 Å². The smallest absolute Gasteiger partial charge is 0.341 e. The summed E-state index contributed by atoms with van der Waals surface area (Å²) in [5, 5.41) is 4.22. The molecular formula is C21H18F3N7OS. The summed E-state index contributed by atoms with van der Waals surface area (Å²) in [4.78, 5) is 29.9. The van der Waals surface area contributed by atoms with Crippen molar-refractivity contribution in [3.8, 4) is 0 Å². The number of aryl methyl sites for hydroxylation is 1. The summed E-state index contributed by atoms with van der Waals surface area (Å²) in [6.45, 7) is 1.70. The van der Waals surface area contributed by atoms with Crippen LogP contribution < -0.4 is 10.5 Å². The molecule has 5 aromatic rings. The number of nitrogens with zero attached hydrogens (tertiary/aromatic N) is 5. The van der Waals surface area contributed by atoms with Crippen LogP contribution in [-0.2, 0) is 19.3 Å². The van der Waals surface area contributed by atoms with Crippen LogP contribution in [0.4, 0.5) is 19.1 Å². The maximum absolute atomic E-state index is 13.7. The van der Waals surface area contributed by atoms with Gasteiger partial charge in [0.2, 0.25) is 5.95 Å². The zero-order valence-electron chi connectivity index (χ0n) is 17.6. The second-order valence-corrected chi connectivity index (χ2v) is 8.96. The highest BCUT2D eigenvalue weighted by Crippen LogP contribution is 2.32. The quantitative estimate of drug-likeness (QED) is 0.401. The first kappa shape index (κ1) is 21.2. The molecule has 1 aromatic carbocycles. The summed E-state index contributed by atoms with van der Waals surface area (Å²) in [6, 6.07) is 9.09. The van der Waals surface area contributed by atoms with Gasteiger partial charge in [-0.25, -0.2) is 9.97 Å². The first-order valence-electron chi connectivity index (χ1n) is 9.96. The molecule has 0 saturated heterocycles. The van der Waals surface area contributed by atoms with E-state index in [4.69, 9.17) is 0 Å². The van der Waals surface area contributed by atoms with Crippen LogP contribution in [0.1, 0.15) is 22.0 Å². The highest BCUT2D eigenvalue weighted by molar-refractivity contribution is 7.18. The van der Waals surface area contributed by atoms with Crippen LogP contribution in [0.25, 0.3) is 21.3 Å². The van der Waals surface area contributed by atoms with Crippen molar-refractivity contribution in [2.45, 2.75) is 26.2 Å². The molecule has 0 amide bonds. The normalized spacial score (nSPS) is 12.2. The summed E-state index contributed by atoms with van der Waals surface area (Å²) >= 11 is 1.35. The van der Waals surface area contributed by atoms with E-state index in [1.807, 2.05) is 31.2 Å². The van der Waals surface area contributed by atoms with Crippen LogP contribution in [0.3, 0.4) is 0 Å². The lowest BCUT2D eigenvalue weighted by Gasteiger charge is -2.16. The Kier molecular flexibility index (Phi) is 4.96. The minimum absolute atomic E-state index is 0.0131. The molecule has 0 bridgehead atoms. The van der Waals surface area contributed by atoms with Crippen molar-refractivity contribution in [1.82, 2.24) is 29.7 Å². The Morgan fingerprint density at radius 2 is 1.97 bits per heavy atom. The van der Waals surface area contributed by atoms with Gasteiger partial charge in [-0.15, -0.1) is 11.3 Å². The Balaban J connectivity index is 1.45. The molecular weight excluding hydrogens is 455 g/mol. The molecule has 0 saturated carbocycles. The molecule has 0 radical (unpaired) electrons. The maximum atomic E-state index is 13.7. The number of aromatic nitrogens is 6. The SMILES string of the molecule is Cc1cc2c(=O)[nH]c(Cn3cc(CN(C)c4nc5ccccc5[nH]4)c(C(F)(F)F)n3)nc2s1. The number of para-hydroxylation sites is 2. The van der Waals surface area contributed by atoms with Gasteiger partial charge in [0.15, 0.2) is 5.69 Å². The molecule has 12 heteroatoms. The van der Waals surface area contributed by atoms with E-state index in [0.29, 0.717) is 16.2 Å². The predicted octanol–water partition coefficient (Wildman–Crippen LogP) is 4.07. The first-order chi connectivity index (χ1) is 15.7. The van der Waals surface area contributed by atoms with Crippen LogP contribution in [0.15, 0.2) is 41.3 Å². The number of H-pyrrole nitrogens is 2. The van der Waals surface area contributed by atoms with Gasteiger partial charge in [-0.3, -0.25) is 9.48 Å². The third-order valence-electron chi connectivity index (χ3n) is 5.14. The minimum Gasteiger partial charge on any atom is -0.341 e. The fourth-order valence-corrected chi connectivity index (χ4v) is 4.57. The van der Waals surface area contributed by atoms with Gasteiger partial charge in [-0.05, 0) is 25.1 Å². The monoisotopic (exact) mass is 473 g/mol. The van der Waals surface area contributed by atoms with Crippen LogP contribution in [-0.4, -0.2) is 36.8 Å². The number of thiophene rings is 1.